The van der Waals surface area contributed by atoms with Crippen molar-refractivity contribution in [3.63, 3.8) is 0 Å². The first-order valence-corrected chi connectivity index (χ1v) is 12.2. The van der Waals surface area contributed by atoms with Crippen LogP contribution in [0.1, 0.15) is 37.0 Å². The lowest BCUT2D eigenvalue weighted by Crippen LogP contribution is -2.50. The normalized spacial score (nSPS) is 12.4. The lowest BCUT2D eigenvalue weighted by Gasteiger charge is -2.30. The molecule has 2 amide bonds. The van der Waals surface area contributed by atoms with E-state index in [1.807, 2.05) is 45.0 Å². The van der Waals surface area contributed by atoms with Gasteiger partial charge in [0, 0.05) is 20.1 Å². The number of nitrogens with one attached hydrogen (secondary N) is 1. The van der Waals surface area contributed by atoms with Crippen LogP contribution in [-0.4, -0.2) is 55.6 Å². The van der Waals surface area contributed by atoms with Crippen molar-refractivity contribution < 1.29 is 18.0 Å². The summed E-state index contributed by atoms with van der Waals surface area (Å²) in [4.78, 5) is 27.4. The van der Waals surface area contributed by atoms with E-state index < -0.39 is 22.0 Å². The summed E-state index contributed by atoms with van der Waals surface area (Å²) < 4.78 is 26.9. The van der Waals surface area contributed by atoms with Crippen LogP contribution in [0.4, 0.5) is 0 Å². The Hall–Kier alpha value is -2.71. The van der Waals surface area contributed by atoms with Crippen LogP contribution >= 0.6 is 0 Å². The molecular formula is C24H33N3O4S. The average molecular weight is 460 g/mol. The molecule has 0 fully saturated rings. The molecule has 0 aliphatic heterocycles. The number of hydrogen-bond donors (Lipinski definition) is 1. The fraction of sp³-hybridized carbons (Fsp3) is 0.417. The van der Waals surface area contributed by atoms with Gasteiger partial charge in [0.25, 0.3) is 0 Å². The Bertz CT molecular complexity index is 1020. The van der Waals surface area contributed by atoms with Gasteiger partial charge in [-0.25, -0.2) is 8.42 Å². The first kappa shape index (κ1) is 25.5. The quantitative estimate of drug-likeness (QED) is 0.592. The SMILES string of the molecule is CCCNC(=O)[C@@H](C)N(Cc1ccc(C)cc1)C(=O)CN(C)S(=O)(=O)c1ccc(C)cc1. The van der Waals surface area contributed by atoms with Crippen LogP contribution in [0, 0.1) is 13.8 Å². The van der Waals surface area contributed by atoms with Gasteiger partial charge < -0.3 is 10.2 Å². The highest BCUT2D eigenvalue weighted by Gasteiger charge is 2.30. The van der Waals surface area contributed by atoms with E-state index in [1.165, 1.54) is 24.1 Å². The second-order valence-corrected chi connectivity index (χ2v) is 10.1. The Morgan fingerprint density at radius 2 is 1.50 bits per heavy atom. The molecule has 2 aromatic carbocycles. The van der Waals surface area contributed by atoms with Gasteiger partial charge in [-0.1, -0.05) is 54.4 Å². The first-order chi connectivity index (χ1) is 15.1. The van der Waals surface area contributed by atoms with Gasteiger partial charge >= 0.3 is 0 Å². The molecular weight excluding hydrogens is 426 g/mol. The Labute approximate surface area is 191 Å². The molecule has 0 unspecified atom stereocenters. The third-order valence-corrected chi connectivity index (χ3v) is 7.09. The number of aryl methyl sites for hydroxylation is 2. The van der Waals surface area contributed by atoms with E-state index in [-0.39, 0.29) is 23.9 Å². The lowest BCUT2D eigenvalue weighted by molar-refractivity contribution is -0.140. The van der Waals surface area contributed by atoms with E-state index in [0.717, 1.165) is 27.4 Å². The summed E-state index contributed by atoms with van der Waals surface area (Å²) in [7, 11) is -2.46. The van der Waals surface area contributed by atoms with Gasteiger partial charge in [0.15, 0.2) is 0 Å². The molecule has 0 saturated heterocycles. The Morgan fingerprint density at radius 1 is 0.969 bits per heavy atom. The van der Waals surface area contributed by atoms with Gasteiger partial charge in [0.2, 0.25) is 21.8 Å². The van der Waals surface area contributed by atoms with E-state index in [0.29, 0.717) is 6.54 Å². The Morgan fingerprint density at radius 3 is 2.03 bits per heavy atom. The van der Waals surface area contributed by atoms with E-state index >= 15 is 0 Å². The molecule has 1 N–H and O–H groups in total. The standard InChI is InChI=1S/C24H33N3O4S/c1-6-15-25-24(29)20(4)27(16-21-11-7-18(2)8-12-21)23(28)17-26(5)32(30,31)22-13-9-19(3)10-14-22/h7-14,20H,6,15-17H2,1-5H3,(H,25,29)/t20-/m1/s1. The fourth-order valence-electron chi connectivity index (χ4n) is 3.13. The molecule has 0 saturated carbocycles. The second-order valence-electron chi connectivity index (χ2n) is 8.05. The molecule has 0 aromatic heterocycles. The molecule has 7 nitrogen and oxygen atoms in total. The van der Waals surface area contributed by atoms with Crippen molar-refractivity contribution in [2.75, 3.05) is 20.1 Å². The number of benzene rings is 2. The predicted molar refractivity (Wildman–Crippen MR) is 125 cm³/mol. The highest BCUT2D eigenvalue weighted by atomic mass is 32.2. The molecule has 0 aliphatic rings. The number of likely N-dealkylation sites (N-methyl/N-ethyl adjacent to an activating group) is 1. The molecule has 0 radical (unpaired) electrons. The zero-order valence-electron chi connectivity index (χ0n) is 19.5. The highest BCUT2D eigenvalue weighted by Crippen LogP contribution is 2.17. The van der Waals surface area contributed by atoms with Gasteiger partial charge in [0.1, 0.15) is 6.04 Å². The fourth-order valence-corrected chi connectivity index (χ4v) is 4.25. The van der Waals surface area contributed by atoms with Crippen molar-refractivity contribution in [3.05, 3.63) is 65.2 Å². The van der Waals surface area contributed by atoms with Gasteiger partial charge in [0.05, 0.1) is 11.4 Å². The third-order valence-electron chi connectivity index (χ3n) is 5.28. The zero-order valence-corrected chi connectivity index (χ0v) is 20.3. The van der Waals surface area contributed by atoms with Crippen molar-refractivity contribution in [1.29, 1.82) is 0 Å². The van der Waals surface area contributed by atoms with Crippen LogP contribution in [0.3, 0.4) is 0 Å². The van der Waals surface area contributed by atoms with Crippen molar-refractivity contribution in [1.82, 2.24) is 14.5 Å². The van der Waals surface area contributed by atoms with Gasteiger partial charge in [-0.15, -0.1) is 0 Å². The van der Waals surface area contributed by atoms with Crippen molar-refractivity contribution in [3.8, 4) is 0 Å². The maximum Gasteiger partial charge on any atom is 0.243 e. The number of carbonyl (C=O) groups is 2. The van der Waals surface area contributed by atoms with Crippen LogP contribution in [0.25, 0.3) is 0 Å². The third kappa shape index (κ3) is 6.64. The largest absolute Gasteiger partial charge is 0.354 e. The Kier molecular flexibility index (Phi) is 8.98. The lowest BCUT2D eigenvalue weighted by atomic mass is 10.1. The Balaban J connectivity index is 2.24. The number of rotatable bonds is 10. The van der Waals surface area contributed by atoms with Crippen molar-refractivity contribution in [2.24, 2.45) is 0 Å². The summed E-state index contributed by atoms with van der Waals surface area (Å²) in [5.41, 5.74) is 2.89. The number of sulfonamides is 1. The molecule has 0 aliphatic carbocycles. The molecule has 8 heteroatoms. The smallest absolute Gasteiger partial charge is 0.243 e. The first-order valence-electron chi connectivity index (χ1n) is 10.7. The summed E-state index contributed by atoms with van der Waals surface area (Å²) in [6.45, 7) is 7.80. The molecule has 2 aromatic rings. The maximum atomic E-state index is 13.2. The molecule has 1 atom stereocenters. The predicted octanol–water partition coefficient (Wildman–Crippen LogP) is 2.87. The molecule has 0 spiro atoms. The van der Waals surface area contributed by atoms with E-state index in [4.69, 9.17) is 0 Å². The monoisotopic (exact) mass is 459 g/mol. The van der Waals surface area contributed by atoms with Crippen LogP contribution in [0.5, 0.6) is 0 Å². The molecule has 174 valence electrons. The minimum absolute atomic E-state index is 0.122. The summed E-state index contributed by atoms with van der Waals surface area (Å²) in [6, 6.07) is 13.4. The maximum absolute atomic E-state index is 13.2. The number of carbonyl (C=O) groups excluding carboxylic acids is 2. The average Bonchev–Trinajstić information content (AvgIpc) is 2.76. The summed E-state index contributed by atoms with van der Waals surface area (Å²) in [5, 5.41) is 2.81. The van der Waals surface area contributed by atoms with Crippen LogP contribution in [0.15, 0.2) is 53.4 Å². The summed E-state index contributed by atoms with van der Waals surface area (Å²) in [6.07, 6.45) is 0.780. The topological polar surface area (TPSA) is 86.8 Å². The summed E-state index contributed by atoms with van der Waals surface area (Å²) >= 11 is 0. The van der Waals surface area contributed by atoms with E-state index in [9.17, 15) is 18.0 Å². The minimum atomic E-state index is -3.84. The number of nitrogens with zero attached hydrogens (tertiary/aromatic N) is 2. The minimum Gasteiger partial charge on any atom is -0.354 e. The van der Waals surface area contributed by atoms with Crippen LogP contribution < -0.4 is 5.32 Å². The van der Waals surface area contributed by atoms with E-state index in [2.05, 4.69) is 5.32 Å². The van der Waals surface area contributed by atoms with E-state index in [1.54, 1.807) is 19.1 Å². The highest BCUT2D eigenvalue weighted by molar-refractivity contribution is 7.89. The van der Waals surface area contributed by atoms with Crippen LogP contribution in [0.2, 0.25) is 0 Å². The van der Waals surface area contributed by atoms with Gasteiger partial charge in [-0.2, -0.15) is 4.31 Å². The molecule has 32 heavy (non-hydrogen) atoms. The summed E-state index contributed by atoms with van der Waals surface area (Å²) in [5.74, 6) is -0.709. The van der Waals surface area contributed by atoms with Gasteiger partial charge in [-0.05, 0) is 44.9 Å². The molecule has 0 bridgehead atoms. The van der Waals surface area contributed by atoms with Crippen LogP contribution in [-0.2, 0) is 26.2 Å². The number of hydrogen-bond acceptors (Lipinski definition) is 4. The second kappa shape index (κ2) is 11.2. The van der Waals surface area contributed by atoms with Gasteiger partial charge in [-0.3, -0.25) is 9.59 Å². The molecule has 2 rings (SSSR count). The van der Waals surface area contributed by atoms with Crippen molar-refractivity contribution >= 4 is 21.8 Å². The zero-order chi connectivity index (χ0) is 23.9. The van der Waals surface area contributed by atoms with Crippen molar-refractivity contribution in [2.45, 2.75) is 51.6 Å². The molecule has 0 heterocycles. The number of amides is 2.